The maximum atomic E-state index is 9.35. The third-order valence-electron chi connectivity index (χ3n) is 2.52. The second-order valence-electron chi connectivity index (χ2n) is 3.72. The molecule has 0 aliphatic heterocycles. The Morgan fingerprint density at radius 2 is 1.94 bits per heavy atom. The molecule has 2 N–H and O–H groups in total. The van der Waals surface area contributed by atoms with Crippen LogP contribution in [0.3, 0.4) is 0 Å². The van der Waals surface area contributed by atoms with E-state index in [-0.39, 0.29) is 5.75 Å². The minimum Gasteiger partial charge on any atom is -0.508 e. The van der Waals surface area contributed by atoms with Crippen molar-refractivity contribution in [3.8, 4) is 11.5 Å². The lowest BCUT2D eigenvalue weighted by Gasteiger charge is -2.10. The average molecular weight is 229 g/mol. The van der Waals surface area contributed by atoms with Gasteiger partial charge in [0.1, 0.15) is 11.5 Å². The zero-order valence-corrected chi connectivity index (χ0v) is 9.68. The Morgan fingerprint density at radius 3 is 2.71 bits per heavy atom. The topological polar surface area (TPSA) is 41.5 Å². The van der Waals surface area contributed by atoms with Gasteiger partial charge in [-0.05, 0) is 18.2 Å². The highest BCUT2D eigenvalue weighted by molar-refractivity contribution is 5.49. The summed E-state index contributed by atoms with van der Waals surface area (Å²) in [5.41, 5.74) is 1.97. The number of hydrogen-bond acceptors (Lipinski definition) is 3. The quantitative estimate of drug-likeness (QED) is 0.846. The average Bonchev–Trinajstić information content (AvgIpc) is 2.37. The molecule has 2 aromatic rings. The minimum atomic E-state index is 0.259. The Labute approximate surface area is 101 Å². The Bertz CT molecular complexity index is 497. The van der Waals surface area contributed by atoms with Crippen molar-refractivity contribution in [1.82, 2.24) is 0 Å². The van der Waals surface area contributed by atoms with E-state index in [1.807, 2.05) is 30.3 Å². The summed E-state index contributed by atoms with van der Waals surface area (Å²) in [6, 6.07) is 14.9. The van der Waals surface area contributed by atoms with Gasteiger partial charge in [0, 0.05) is 23.9 Å². The molecule has 0 saturated carbocycles. The van der Waals surface area contributed by atoms with Gasteiger partial charge >= 0.3 is 0 Å². The van der Waals surface area contributed by atoms with E-state index < -0.39 is 0 Å². The Morgan fingerprint density at radius 1 is 1.12 bits per heavy atom. The number of para-hydroxylation sites is 1. The van der Waals surface area contributed by atoms with Crippen LogP contribution in [0.1, 0.15) is 5.56 Å². The fourth-order valence-electron chi connectivity index (χ4n) is 1.66. The SMILES string of the molecule is COc1ccccc1CNc1cccc(O)c1. The maximum absolute atomic E-state index is 9.35. The summed E-state index contributed by atoms with van der Waals surface area (Å²) in [5, 5.41) is 12.6. The fraction of sp³-hybridized carbons (Fsp3) is 0.143. The van der Waals surface area contributed by atoms with Crippen molar-refractivity contribution in [3.05, 3.63) is 54.1 Å². The highest BCUT2D eigenvalue weighted by atomic mass is 16.5. The number of phenols is 1. The summed E-state index contributed by atoms with van der Waals surface area (Å²) >= 11 is 0. The van der Waals surface area contributed by atoms with Crippen LogP contribution in [-0.2, 0) is 6.54 Å². The van der Waals surface area contributed by atoms with E-state index in [0.717, 1.165) is 17.0 Å². The Hall–Kier alpha value is -2.16. The first-order valence-electron chi connectivity index (χ1n) is 5.44. The van der Waals surface area contributed by atoms with E-state index in [1.165, 1.54) is 0 Å². The van der Waals surface area contributed by atoms with Gasteiger partial charge in [-0.2, -0.15) is 0 Å². The molecule has 0 atom stereocenters. The molecule has 2 rings (SSSR count). The van der Waals surface area contributed by atoms with E-state index in [2.05, 4.69) is 5.32 Å². The monoisotopic (exact) mass is 229 g/mol. The van der Waals surface area contributed by atoms with E-state index >= 15 is 0 Å². The van der Waals surface area contributed by atoms with Crippen LogP contribution in [0.2, 0.25) is 0 Å². The molecule has 0 fully saturated rings. The molecule has 2 aromatic carbocycles. The van der Waals surface area contributed by atoms with Crippen LogP contribution in [0, 0.1) is 0 Å². The minimum absolute atomic E-state index is 0.259. The maximum Gasteiger partial charge on any atom is 0.123 e. The van der Waals surface area contributed by atoms with Crippen LogP contribution in [0.5, 0.6) is 11.5 Å². The van der Waals surface area contributed by atoms with Crippen molar-refractivity contribution in [1.29, 1.82) is 0 Å². The van der Waals surface area contributed by atoms with Crippen LogP contribution >= 0.6 is 0 Å². The summed E-state index contributed by atoms with van der Waals surface area (Å²) in [7, 11) is 1.66. The molecule has 0 bridgehead atoms. The molecule has 0 spiro atoms. The highest BCUT2D eigenvalue weighted by Gasteiger charge is 2.01. The van der Waals surface area contributed by atoms with Crippen molar-refractivity contribution < 1.29 is 9.84 Å². The van der Waals surface area contributed by atoms with Gasteiger partial charge in [-0.1, -0.05) is 24.3 Å². The summed E-state index contributed by atoms with van der Waals surface area (Å²) in [6.07, 6.45) is 0. The van der Waals surface area contributed by atoms with E-state index in [1.54, 1.807) is 25.3 Å². The molecule has 0 unspecified atom stereocenters. The first-order chi connectivity index (χ1) is 8.29. The van der Waals surface area contributed by atoms with Gasteiger partial charge in [0.2, 0.25) is 0 Å². The fourth-order valence-corrected chi connectivity index (χ4v) is 1.66. The lowest BCUT2D eigenvalue weighted by atomic mass is 10.2. The lowest BCUT2D eigenvalue weighted by Crippen LogP contribution is -2.01. The van der Waals surface area contributed by atoms with E-state index in [9.17, 15) is 5.11 Å². The molecule has 0 aliphatic rings. The van der Waals surface area contributed by atoms with Gasteiger partial charge in [-0.3, -0.25) is 0 Å². The van der Waals surface area contributed by atoms with Gasteiger partial charge < -0.3 is 15.2 Å². The number of rotatable bonds is 4. The molecule has 0 amide bonds. The molecule has 3 heteroatoms. The predicted molar refractivity (Wildman–Crippen MR) is 68.4 cm³/mol. The zero-order chi connectivity index (χ0) is 12.1. The molecule has 0 aliphatic carbocycles. The molecule has 0 aromatic heterocycles. The van der Waals surface area contributed by atoms with Crippen molar-refractivity contribution in [2.75, 3.05) is 12.4 Å². The van der Waals surface area contributed by atoms with Crippen LogP contribution in [-0.4, -0.2) is 12.2 Å². The predicted octanol–water partition coefficient (Wildman–Crippen LogP) is 3.01. The van der Waals surface area contributed by atoms with Crippen LogP contribution < -0.4 is 10.1 Å². The van der Waals surface area contributed by atoms with Crippen molar-refractivity contribution in [2.45, 2.75) is 6.54 Å². The molecule has 3 nitrogen and oxygen atoms in total. The molecule has 0 saturated heterocycles. The molecular formula is C14H15NO2. The zero-order valence-electron chi connectivity index (χ0n) is 9.68. The molecule has 17 heavy (non-hydrogen) atoms. The van der Waals surface area contributed by atoms with Crippen molar-refractivity contribution >= 4 is 5.69 Å². The third-order valence-corrected chi connectivity index (χ3v) is 2.52. The number of ether oxygens (including phenoxy) is 1. The number of methoxy groups -OCH3 is 1. The number of nitrogens with one attached hydrogen (secondary N) is 1. The smallest absolute Gasteiger partial charge is 0.123 e. The highest BCUT2D eigenvalue weighted by Crippen LogP contribution is 2.20. The van der Waals surface area contributed by atoms with Crippen LogP contribution in [0.4, 0.5) is 5.69 Å². The standard InChI is InChI=1S/C14H15NO2/c1-17-14-8-3-2-5-11(14)10-15-12-6-4-7-13(16)9-12/h2-9,15-16H,10H2,1H3. The van der Waals surface area contributed by atoms with E-state index in [4.69, 9.17) is 4.74 Å². The van der Waals surface area contributed by atoms with Crippen LogP contribution in [0.25, 0.3) is 0 Å². The van der Waals surface area contributed by atoms with Crippen LogP contribution in [0.15, 0.2) is 48.5 Å². The number of hydrogen-bond donors (Lipinski definition) is 2. The molecule has 88 valence electrons. The van der Waals surface area contributed by atoms with Gasteiger partial charge in [0.15, 0.2) is 0 Å². The van der Waals surface area contributed by atoms with E-state index in [0.29, 0.717) is 6.54 Å². The normalized spacial score (nSPS) is 9.94. The largest absolute Gasteiger partial charge is 0.508 e. The van der Waals surface area contributed by atoms with Gasteiger partial charge in [-0.15, -0.1) is 0 Å². The summed E-state index contributed by atoms with van der Waals surface area (Å²) in [6.45, 7) is 0.660. The molecule has 0 radical (unpaired) electrons. The van der Waals surface area contributed by atoms with Gasteiger partial charge in [0.05, 0.1) is 7.11 Å². The Balaban J connectivity index is 2.07. The number of aromatic hydroxyl groups is 1. The second-order valence-corrected chi connectivity index (χ2v) is 3.72. The van der Waals surface area contributed by atoms with Gasteiger partial charge in [-0.25, -0.2) is 0 Å². The van der Waals surface area contributed by atoms with Crippen molar-refractivity contribution in [3.63, 3.8) is 0 Å². The first-order valence-corrected chi connectivity index (χ1v) is 5.44. The number of benzene rings is 2. The number of anilines is 1. The summed E-state index contributed by atoms with van der Waals surface area (Å²) in [5.74, 6) is 1.12. The number of phenolic OH excluding ortho intramolecular Hbond substituents is 1. The summed E-state index contributed by atoms with van der Waals surface area (Å²) < 4.78 is 5.27. The second kappa shape index (κ2) is 5.25. The molecular weight excluding hydrogens is 214 g/mol. The molecule has 0 heterocycles. The summed E-state index contributed by atoms with van der Waals surface area (Å²) in [4.78, 5) is 0. The first kappa shape index (κ1) is 11.3. The van der Waals surface area contributed by atoms with Crippen molar-refractivity contribution in [2.24, 2.45) is 0 Å². The lowest BCUT2D eigenvalue weighted by molar-refractivity contribution is 0.410. The Kier molecular flexibility index (Phi) is 3.50. The van der Waals surface area contributed by atoms with Gasteiger partial charge in [0.25, 0.3) is 0 Å². The third kappa shape index (κ3) is 2.91.